The highest BCUT2D eigenvalue weighted by molar-refractivity contribution is 5.76. The van der Waals surface area contributed by atoms with E-state index in [4.69, 9.17) is 4.74 Å². The van der Waals surface area contributed by atoms with E-state index in [0.717, 1.165) is 51.1 Å². The van der Waals surface area contributed by atoms with Crippen LogP contribution in [0.5, 0.6) is 5.75 Å². The minimum atomic E-state index is 0.252. The van der Waals surface area contributed by atoms with Crippen molar-refractivity contribution in [2.45, 2.75) is 64.5 Å². The molecule has 34 heavy (non-hydrogen) atoms. The molecular weight excluding hydrogens is 426 g/mol. The molecule has 0 unspecified atom stereocenters. The molecule has 1 aliphatic rings. The number of likely N-dealkylation sites (N-methyl/N-ethyl adjacent to an activating group) is 2. The number of carbonyl (C=O) groups is 1. The Morgan fingerprint density at radius 3 is 2.59 bits per heavy atom. The first-order valence-electron chi connectivity index (χ1n) is 12.8. The molecule has 1 saturated carbocycles. The van der Waals surface area contributed by atoms with Gasteiger partial charge in [-0.15, -0.1) is 0 Å². The van der Waals surface area contributed by atoms with Crippen LogP contribution in [-0.4, -0.2) is 72.3 Å². The Hall–Kier alpha value is -2.38. The zero-order valence-electron chi connectivity index (χ0n) is 21.4. The number of rotatable bonds is 13. The van der Waals surface area contributed by atoms with Gasteiger partial charge in [0.25, 0.3) is 0 Å². The number of nitrogens with one attached hydrogen (secondary N) is 2. The Morgan fingerprint density at radius 1 is 1.18 bits per heavy atom. The number of aromatic amines is 1. The summed E-state index contributed by atoms with van der Waals surface area (Å²) >= 11 is 0. The second kappa shape index (κ2) is 13.5. The molecule has 0 spiro atoms. The summed E-state index contributed by atoms with van der Waals surface area (Å²) in [7, 11) is 4.14. The van der Waals surface area contributed by atoms with Crippen LogP contribution in [0.1, 0.15) is 63.1 Å². The average Bonchev–Trinajstić information content (AvgIpc) is 3.29. The monoisotopic (exact) mass is 469 g/mol. The number of aromatic nitrogens is 2. The smallest absolute Gasteiger partial charge is 0.223 e. The molecule has 1 fully saturated rings. The van der Waals surface area contributed by atoms with Gasteiger partial charge in [-0.2, -0.15) is 5.10 Å². The molecular formula is C27H43N5O2. The van der Waals surface area contributed by atoms with E-state index in [2.05, 4.69) is 52.4 Å². The highest BCUT2D eigenvalue weighted by atomic mass is 16.5. The van der Waals surface area contributed by atoms with Gasteiger partial charge in [0.15, 0.2) is 0 Å². The van der Waals surface area contributed by atoms with Gasteiger partial charge in [0.05, 0.1) is 12.2 Å². The molecule has 1 aromatic carbocycles. The highest BCUT2D eigenvalue weighted by Gasteiger charge is 2.31. The molecule has 0 saturated heterocycles. The fourth-order valence-corrected chi connectivity index (χ4v) is 4.90. The third-order valence-corrected chi connectivity index (χ3v) is 6.71. The van der Waals surface area contributed by atoms with Crippen LogP contribution in [0, 0.1) is 5.92 Å². The van der Waals surface area contributed by atoms with E-state index in [0.29, 0.717) is 31.4 Å². The van der Waals surface area contributed by atoms with Crippen molar-refractivity contribution >= 4 is 5.91 Å². The number of ether oxygens (including phenoxy) is 1. The van der Waals surface area contributed by atoms with Crippen molar-refractivity contribution in [3.8, 4) is 5.75 Å². The van der Waals surface area contributed by atoms with Gasteiger partial charge >= 0.3 is 0 Å². The fraction of sp³-hybridized carbons (Fsp3) is 0.630. The lowest BCUT2D eigenvalue weighted by Gasteiger charge is -2.37. The average molecular weight is 470 g/mol. The van der Waals surface area contributed by atoms with Gasteiger partial charge in [0.1, 0.15) is 12.4 Å². The second-order valence-corrected chi connectivity index (χ2v) is 9.99. The van der Waals surface area contributed by atoms with Crippen LogP contribution in [0.3, 0.4) is 0 Å². The van der Waals surface area contributed by atoms with Crippen LogP contribution in [0.4, 0.5) is 0 Å². The van der Waals surface area contributed by atoms with E-state index in [1.807, 2.05) is 37.4 Å². The minimum Gasteiger partial charge on any atom is -0.492 e. The SMILES string of the molecule is CNCCN(C)Cc1c[nH]nc1[C@H]1CC[C@@H](N(CCOc2ccccc2)C(=O)CC(C)C)CC1. The van der Waals surface area contributed by atoms with Crippen LogP contribution in [-0.2, 0) is 11.3 Å². The Bertz CT molecular complexity index is 846. The molecule has 2 aromatic rings. The molecule has 0 radical (unpaired) electrons. The number of hydrogen-bond acceptors (Lipinski definition) is 5. The quantitative estimate of drug-likeness (QED) is 0.463. The fourth-order valence-electron chi connectivity index (χ4n) is 4.90. The summed E-state index contributed by atoms with van der Waals surface area (Å²) in [5.41, 5.74) is 2.51. The van der Waals surface area contributed by atoms with Crippen LogP contribution < -0.4 is 10.1 Å². The largest absolute Gasteiger partial charge is 0.492 e. The number of hydrogen-bond donors (Lipinski definition) is 2. The third kappa shape index (κ3) is 7.84. The van der Waals surface area contributed by atoms with Crippen LogP contribution in [0.15, 0.2) is 36.5 Å². The lowest BCUT2D eigenvalue weighted by molar-refractivity contribution is -0.135. The van der Waals surface area contributed by atoms with Gasteiger partial charge in [0, 0.05) is 49.8 Å². The highest BCUT2D eigenvalue weighted by Crippen LogP contribution is 2.36. The van der Waals surface area contributed by atoms with E-state index in [-0.39, 0.29) is 11.9 Å². The molecule has 7 heteroatoms. The molecule has 7 nitrogen and oxygen atoms in total. The number of para-hydroxylation sites is 1. The minimum absolute atomic E-state index is 0.252. The summed E-state index contributed by atoms with van der Waals surface area (Å²) in [5, 5.41) is 10.9. The second-order valence-electron chi connectivity index (χ2n) is 9.99. The molecule has 188 valence electrons. The summed E-state index contributed by atoms with van der Waals surface area (Å²) < 4.78 is 5.93. The van der Waals surface area contributed by atoms with Crippen LogP contribution in [0.2, 0.25) is 0 Å². The topological polar surface area (TPSA) is 73.5 Å². The van der Waals surface area contributed by atoms with Crippen molar-refractivity contribution in [2.75, 3.05) is 40.3 Å². The Labute approximate surface area is 205 Å². The standard InChI is InChI=1S/C27H43N5O2/c1-21(2)18-26(33)32(16-17-34-25-8-6-5-7-9-25)24-12-10-22(11-13-24)27-23(19-29-30-27)20-31(4)15-14-28-3/h5-9,19,21-22,24,28H,10-18,20H2,1-4H3,(H,29,30)/t22-,24+. The van der Waals surface area contributed by atoms with Crippen molar-refractivity contribution in [1.82, 2.24) is 25.3 Å². The molecule has 1 heterocycles. The van der Waals surface area contributed by atoms with Crippen molar-refractivity contribution < 1.29 is 9.53 Å². The van der Waals surface area contributed by atoms with Gasteiger partial charge in [-0.25, -0.2) is 0 Å². The summed E-state index contributed by atoms with van der Waals surface area (Å²) in [4.78, 5) is 17.5. The zero-order chi connectivity index (χ0) is 24.3. The van der Waals surface area contributed by atoms with Crippen LogP contribution in [0.25, 0.3) is 0 Å². The molecule has 2 N–H and O–H groups in total. The van der Waals surface area contributed by atoms with Gasteiger partial charge in [-0.05, 0) is 57.8 Å². The first-order chi connectivity index (χ1) is 16.5. The molecule has 0 atom stereocenters. The predicted octanol–water partition coefficient (Wildman–Crippen LogP) is 4.04. The van der Waals surface area contributed by atoms with Crippen LogP contribution >= 0.6 is 0 Å². The Morgan fingerprint density at radius 2 is 1.91 bits per heavy atom. The Kier molecular flexibility index (Phi) is 10.4. The van der Waals surface area contributed by atoms with Crippen molar-refractivity contribution in [3.63, 3.8) is 0 Å². The lowest BCUT2D eigenvalue weighted by atomic mass is 9.82. The number of benzene rings is 1. The molecule has 0 bridgehead atoms. The van der Waals surface area contributed by atoms with Gasteiger partial charge in [-0.3, -0.25) is 9.89 Å². The number of amides is 1. The van der Waals surface area contributed by atoms with E-state index >= 15 is 0 Å². The number of nitrogens with zero attached hydrogens (tertiary/aromatic N) is 3. The maximum absolute atomic E-state index is 13.1. The maximum atomic E-state index is 13.1. The molecule has 1 aromatic heterocycles. The molecule has 1 amide bonds. The van der Waals surface area contributed by atoms with Gasteiger partial charge in [-0.1, -0.05) is 32.0 Å². The summed E-state index contributed by atoms with van der Waals surface area (Å²) in [6, 6.07) is 10.1. The van der Waals surface area contributed by atoms with Gasteiger partial charge in [0.2, 0.25) is 5.91 Å². The third-order valence-electron chi connectivity index (χ3n) is 6.71. The van der Waals surface area contributed by atoms with Crippen molar-refractivity contribution in [2.24, 2.45) is 5.92 Å². The summed E-state index contributed by atoms with van der Waals surface area (Å²) in [5.74, 6) is 1.92. The first-order valence-corrected chi connectivity index (χ1v) is 12.8. The normalized spacial score (nSPS) is 18.4. The lowest BCUT2D eigenvalue weighted by Crippen LogP contribution is -2.44. The predicted molar refractivity (Wildman–Crippen MR) is 137 cm³/mol. The summed E-state index contributed by atoms with van der Waals surface area (Å²) in [6.45, 7) is 8.27. The summed E-state index contributed by atoms with van der Waals surface area (Å²) in [6.07, 6.45) is 6.80. The number of H-pyrrole nitrogens is 1. The van der Waals surface area contributed by atoms with E-state index in [1.165, 1.54) is 11.3 Å². The molecule has 0 aliphatic heterocycles. The zero-order valence-corrected chi connectivity index (χ0v) is 21.4. The van der Waals surface area contributed by atoms with E-state index < -0.39 is 0 Å². The number of carbonyl (C=O) groups excluding carboxylic acids is 1. The van der Waals surface area contributed by atoms with Gasteiger partial charge < -0.3 is 19.9 Å². The van der Waals surface area contributed by atoms with Crippen molar-refractivity contribution in [3.05, 3.63) is 47.8 Å². The van der Waals surface area contributed by atoms with Crippen molar-refractivity contribution in [1.29, 1.82) is 0 Å². The maximum Gasteiger partial charge on any atom is 0.223 e. The Balaban J connectivity index is 1.57. The molecule has 3 rings (SSSR count). The molecule has 1 aliphatic carbocycles. The van der Waals surface area contributed by atoms with E-state index in [9.17, 15) is 4.79 Å². The van der Waals surface area contributed by atoms with E-state index in [1.54, 1.807) is 0 Å². The first kappa shape index (κ1) is 26.2.